The van der Waals surface area contributed by atoms with Gasteiger partial charge in [-0.15, -0.1) is 0 Å². The van der Waals surface area contributed by atoms with Gasteiger partial charge >= 0.3 is 18.2 Å². The molecule has 0 unspecified atom stereocenters. The summed E-state index contributed by atoms with van der Waals surface area (Å²) in [5, 5.41) is 7.59. The van der Waals surface area contributed by atoms with Gasteiger partial charge < -0.3 is 24.3 Å². The highest BCUT2D eigenvalue weighted by molar-refractivity contribution is 5.93. The predicted molar refractivity (Wildman–Crippen MR) is 157 cm³/mol. The van der Waals surface area contributed by atoms with Gasteiger partial charge in [0.05, 0.1) is 25.6 Å². The number of hydrogen-bond acceptors (Lipinski definition) is 8. The van der Waals surface area contributed by atoms with Crippen LogP contribution in [-0.2, 0) is 33.6 Å². The Labute approximate surface area is 246 Å². The summed E-state index contributed by atoms with van der Waals surface area (Å²) in [5.41, 5.74) is 3.78. The van der Waals surface area contributed by atoms with E-state index in [9.17, 15) is 14.4 Å². The number of nitrogens with one attached hydrogen (secondary N) is 1. The number of aromatic nitrogens is 3. The minimum atomic E-state index is -0.660. The molecule has 2 heterocycles. The Hall–Kier alpha value is -4.28. The van der Waals surface area contributed by atoms with Crippen molar-refractivity contribution in [1.82, 2.24) is 19.7 Å². The average molecular weight is 581 g/mol. The van der Waals surface area contributed by atoms with E-state index in [4.69, 9.17) is 24.0 Å². The maximum atomic E-state index is 13.0. The maximum absolute atomic E-state index is 13.0. The van der Waals surface area contributed by atoms with Crippen LogP contribution in [0.25, 0.3) is 22.5 Å². The molecule has 0 atom stereocenters. The SMILES string of the molecule is COC(=O)c1c2c(nn1CCCNC(=O)OC(C)(C)C)-c1cc(-c3cccn3C(=O)OC(C)(C)C)c(OC)cc1CC2. The molecule has 0 saturated carbocycles. The molecule has 0 radical (unpaired) electrons. The Bertz CT molecular complexity index is 1490. The van der Waals surface area contributed by atoms with E-state index in [-0.39, 0.29) is 0 Å². The minimum Gasteiger partial charge on any atom is -0.496 e. The second-order valence-corrected chi connectivity index (χ2v) is 12.1. The van der Waals surface area contributed by atoms with Gasteiger partial charge in [-0.2, -0.15) is 5.10 Å². The highest BCUT2D eigenvalue weighted by Crippen LogP contribution is 2.42. The van der Waals surface area contributed by atoms with Crippen molar-refractivity contribution in [3.05, 3.63) is 47.3 Å². The Kier molecular flexibility index (Phi) is 8.70. The lowest BCUT2D eigenvalue weighted by molar-refractivity contribution is 0.0518. The third-order valence-electron chi connectivity index (χ3n) is 6.58. The first-order chi connectivity index (χ1) is 19.7. The fourth-order valence-corrected chi connectivity index (χ4v) is 4.92. The highest BCUT2D eigenvalue weighted by atomic mass is 16.6. The number of fused-ring (bicyclic) bond motifs is 3. The fourth-order valence-electron chi connectivity index (χ4n) is 4.92. The molecule has 1 N–H and O–H groups in total. The first kappa shape index (κ1) is 30.7. The van der Waals surface area contributed by atoms with Crippen LogP contribution in [0.2, 0.25) is 0 Å². The van der Waals surface area contributed by atoms with Crippen LogP contribution in [0.3, 0.4) is 0 Å². The molecule has 0 aliphatic heterocycles. The van der Waals surface area contributed by atoms with Crippen molar-refractivity contribution in [3.63, 3.8) is 0 Å². The summed E-state index contributed by atoms with van der Waals surface area (Å²) >= 11 is 0. The van der Waals surface area contributed by atoms with Crippen LogP contribution >= 0.6 is 0 Å². The van der Waals surface area contributed by atoms with E-state index >= 15 is 0 Å². The molecule has 1 aromatic carbocycles. The summed E-state index contributed by atoms with van der Waals surface area (Å²) in [5.74, 6) is 0.140. The Morgan fingerprint density at radius 1 is 0.976 bits per heavy atom. The summed E-state index contributed by atoms with van der Waals surface area (Å²) in [6, 6.07) is 7.51. The lowest BCUT2D eigenvalue weighted by atomic mass is 9.87. The van der Waals surface area contributed by atoms with Crippen LogP contribution in [0.4, 0.5) is 9.59 Å². The molecule has 3 aromatic rings. The van der Waals surface area contributed by atoms with Crippen molar-refractivity contribution in [2.75, 3.05) is 20.8 Å². The summed E-state index contributed by atoms with van der Waals surface area (Å²) in [6.45, 7) is 11.6. The number of rotatable bonds is 7. The molecule has 0 saturated heterocycles. The molecule has 1 amide bonds. The van der Waals surface area contributed by atoms with Crippen LogP contribution in [0.1, 0.15) is 69.6 Å². The second-order valence-electron chi connectivity index (χ2n) is 12.1. The smallest absolute Gasteiger partial charge is 0.418 e. The first-order valence-electron chi connectivity index (χ1n) is 14.0. The Balaban J connectivity index is 1.69. The van der Waals surface area contributed by atoms with Gasteiger partial charge in [0.15, 0.2) is 0 Å². The molecule has 11 nitrogen and oxygen atoms in total. The molecule has 42 heavy (non-hydrogen) atoms. The predicted octanol–water partition coefficient (Wildman–Crippen LogP) is 5.61. The number of amides is 1. The van der Waals surface area contributed by atoms with Gasteiger partial charge in [-0.3, -0.25) is 9.25 Å². The monoisotopic (exact) mass is 580 g/mol. The summed E-state index contributed by atoms with van der Waals surface area (Å²) in [4.78, 5) is 37.9. The number of carbonyl (C=O) groups is 3. The number of benzene rings is 1. The highest BCUT2D eigenvalue weighted by Gasteiger charge is 2.31. The molecule has 1 aliphatic carbocycles. The van der Waals surface area contributed by atoms with Gasteiger partial charge in [-0.05, 0) is 90.6 Å². The maximum Gasteiger partial charge on any atom is 0.418 e. The number of alkyl carbamates (subject to hydrolysis) is 1. The minimum absolute atomic E-state index is 0.347. The van der Waals surface area contributed by atoms with E-state index < -0.39 is 29.4 Å². The molecule has 2 aromatic heterocycles. The second kappa shape index (κ2) is 11.9. The zero-order valence-electron chi connectivity index (χ0n) is 25.6. The third kappa shape index (κ3) is 6.78. The average Bonchev–Trinajstić information content (AvgIpc) is 3.53. The largest absolute Gasteiger partial charge is 0.496 e. The molecule has 1 aliphatic rings. The Morgan fingerprint density at radius 3 is 2.33 bits per heavy atom. The van der Waals surface area contributed by atoms with Gasteiger partial charge in [0, 0.05) is 36.0 Å². The zero-order chi connectivity index (χ0) is 30.8. The topological polar surface area (TPSA) is 123 Å². The lowest BCUT2D eigenvalue weighted by Gasteiger charge is -2.22. The van der Waals surface area contributed by atoms with Gasteiger partial charge in [-0.1, -0.05) is 0 Å². The van der Waals surface area contributed by atoms with E-state index in [1.807, 2.05) is 39.0 Å². The van der Waals surface area contributed by atoms with Crippen molar-refractivity contribution in [2.24, 2.45) is 0 Å². The van der Waals surface area contributed by atoms with E-state index in [2.05, 4.69) is 5.32 Å². The normalized spacial score (nSPS) is 12.7. The number of aryl methyl sites for hydroxylation is 2. The van der Waals surface area contributed by atoms with Crippen LogP contribution in [0.5, 0.6) is 5.75 Å². The lowest BCUT2D eigenvalue weighted by Crippen LogP contribution is -2.33. The van der Waals surface area contributed by atoms with Crippen LogP contribution < -0.4 is 10.1 Å². The van der Waals surface area contributed by atoms with Gasteiger partial charge in [0.1, 0.15) is 22.6 Å². The molecular formula is C31H40N4O7. The van der Waals surface area contributed by atoms with Crippen molar-refractivity contribution in [3.8, 4) is 28.3 Å². The molecule has 0 spiro atoms. The third-order valence-corrected chi connectivity index (χ3v) is 6.58. The van der Waals surface area contributed by atoms with E-state index in [1.54, 1.807) is 44.8 Å². The Morgan fingerprint density at radius 2 is 1.69 bits per heavy atom. The first-order valence-corrected chi connectivity index (χ1v) is 14.0. The number of nitrogens with zero attached hydrogens (tertiary/aromatic N) is 3. The quantitative estimate of drug-likeness (QED) is 0.217. The van der Waals surface area contributed by atoms with Gasteiger partial charge in [0.25, 0.3) is 0 Å². The van der Waals surface area contributed by atoms with Crippen LogP contribution in [0.15, 0.2) is 30.5 Å². The summed E-state index contributed by atoms with van der Waals surface area (Å²) < 4.78 is 24.9. The van der Waals surface area contributed by atoms with Gasteiger partial charge in [-0.25, -0.2) is 14.4 Å². The van der Waals surface area contributed by atoms with Crippen LogP contribution in [0, 0.1) is 0 Å². The van der Waals surface area contributed by atoms with Crippen molar-refractivity contribution >= 4 is 18.2 Å². The molecule has 4 rings (SSSR count). The molecule has 0 bridgehead atoms. The number of ether oxygens (including phenoxy) is 4. The van der Waals surface area contributed by atoms with Gasteiger partial charge in [0.2, 0.25) is 0 Å². The molecule has 0 fully saturated rings. The summed E-state index contributed by atoms with van der Waals surface area (Å²) in [6.07, 6.45) is 2.45. The molecular weight excluding hydrogens is 540 g/mol. The number of esters is 1. The van der Waals surface area contributed by atoms with Crippen molar-refractivity contribution < 1.29 is 33.3 Å². The summed E-state index contributed by atoms with van der Waals surface area (Å²) in [7, 11) is 2.94. The zero-order valence-corrected chi connectivity index (χ0v) is 25.6. The fraction of sp³-hybridized carbons (Fsp3) is 0.484. The van der Waals surface area contributed by atoms with Crippen molar-refractivity contribution in [1.29, 1.82) is 0 Å². The molecule has 226 valence electrons. The number of methoxy groups -OCH3 is 2. The van der Waals surface area contributed by atoms with Crippen molar-refractivity contribution in [2.45, 2.75) is 78.6 Å². The van der Waals surface area contributed by atoms with E-state index in [0.717, 1.165) is 16.7 Å². The number of carbonyl (C=O) groups excluding carboxylic acids is 3. The molecule has 11 heteroatoms. The van der Waals surface area contributed by atoms with E-state index in [0.29, 0.717) is 60.7 Å². The van der Waals surface area contributed by atoms with Crippen LogP contribution in [-0.4, -0.2) is 64.5 Å². The van der Waals surface area contributed by atoms with E-state index in [1.165, 1.54) is 11.7 Å². The number of hydrogen-bond donors (Lipinski definition) is 1. The standard InChI is InChI=1S/C31H40N4O7/c1-30(2,3)41-28(37)32-14-10-16-35-26(27(36)40-8)20-13-12-19-17-24(39-7)22(18-21(19)25(20)33-35)23-11-9-15-34(23)29(38)42-31(4,5)6/h9,11,15,17-18H,10,12-14,16H2,1-8H3,(H,32,37).